The molecule has 162 valence electrons. The van der Waals surface area contributed by atoms with Crippen LogP contribution in [0.25, 0.3) is 10.8 Å². The molecule has 30 heavy (non-hydrogen) atoms. The molecular formula is C23H30N2O4S. The Hall–Kier alpha value is -2.51. The van der Waals surface area contributed by atoms with Gasteiger partial charge in [-0.05, 0) is 37.1 Å². The fourth-order valence-electron chi connectivity index (χ4n) is 2.98. The van der Waals surface area contributed by atoms with Gasteiger partial charge in [-0.3, -0.25) is 4.79 Å². The minimum Gasteiger partial charge on any atom is -0.465 e. The first kappa shape index (κ1) is 23.8. The number of carbonyl (C=O) groups excluding carboxylic acids is 2. The van der Waals surface area contributed by atoms with Crippen LogP contribution in [0.15, 0.2) is 54.2 Å². The molecule has 2 rings (SSSR count). The number of ketones is 1. The largest absolute Gasteiger partial charge is 0.465 e. The molecule has 0 saturated carbocycles. The molecule has 2 unspecified atom stereocenters. The van der Waals surface area contributed by atoms with Crippen molar-refractivity contribution in [2.24, 2.45) is 0 Å². The Morgan fingerprint density at radius 1 is 1.13 bits per heavy atom. The third-order valence-electron chi connectivity index (χ3n) is 4.49. The summed E-state index contributed by atoms with van der Waals surface area (Å²) in [6, 6.07) is 13.1. The maximum absolute atomic E-state index is 13.1. The predicted octanol–water partition coefficient (Wildman–Crippen LogP) is 3.51. The van der Waals surface area contributed by atoms with E-state index >= 15 is 0 Å². The Bertz CT molecular complexity index is 971. The van der Waals surface area contributed by atoms with Crippen molar-refractivity contribution in [1.82, 2.24) is 9.62 Å². The Morgan fingerprint density at radius 3 is 2.37 bits per heavy atom. The normalized spacial score (nSPS) is 14.3. The van der Waals surface area contributed by atoms with Crippen LogP contribution in [0.5, 0.6) is 0 Å². The van der Waals surface area contributed by atoms with E-state index in [0.29, 0.717) is 0 Å². The number of nitrogens with zero attached hydrogens (tertiary/aromatic N) is 1. The van der Waals surface area contributed by atoms with Crippen LogP contribution >= 0.6 is 0 Å². The highest BCUT2D eigenvalue weighted by Gasteiger charge is 2.29. The lowest BCUT2D eigenvalue weighted by molar-refractivity contribution is -0.138. The van der Waals surface area contributed by atoms with Crippen molar-refractivity contribution >= 4 is 33.5 Å². The maximum atomic E-state index is 13.1. The van der Waals surface area contributed by atoms with Crippen molar-refractivity contribution in [2.75, 3.05) is 21.2 Å². The van der Waals surface area contributed by atoms with Crippen LogP contribution in [-0.2, 0) is 25.3 Å². The summed E-state index contributed by atoms with van der Waals surface area (Å²) in [6.45, 7) is 5.59. The number of methoxy groups -OCH3 is 1. The van der Waals surface area contributed by atoms with Gasteiger partial charge in [-0.15, -0.1) is 0 Å². The Kier molecular flexibility index (Phi) is 7.92. The smallest absolute Gasteiger partial charge is 0.342 e. The molecule has 6 nitrogen and oxygen atoms in total. The molecule has 2 aromatic carbocycles. The summed E-state index contributed by atoms with van der Waals surface area (Å²) < 4.78 is 20.3. The van der Waals surface area contributed by atoms with Gasteiger partial charge in [-0.1, -0.05) is 42.5 Å². The summed E-state index contributed by atoms with van der Waals surface area (Å²) in [5.41, 5.74) is 0.809. The number of nitrogens with one attached hydrogen (secondary N) is 1. The Morgan fingerprint density at radius 2 is 1.77 bits per heavy atom. The van der Waals surface area contributed by atoms with Crippen LogP contribution in [0, 0.1) is 0 Å². The second kappa shape index (κ2) is 10.00. The molecule has 0 radical (unpaired) electrons. The molecule has 2 atom stereocenters. The fraction of sp³-hybridized carbons (Fsp3) is 0.391. The number of hydrogen-bond acceptors (Lipinski definition) is 5. The fourth-order valence-corrected chi connectivity index (χ4v) is 3.80. The zero-order valence-corrected chi connectivity index (χ0v) is 19.2. The minimum absolute atomic E-state index is 0.0371. The van der Waals surface area contributed by atoms with E-state index in [0.717, 1.165) is 16.3 Å². The number of hydrogen-bond donors (Lipinski definition) is 1. The standard InChI is InChI=1S/C23H30N2O4S/c1-23(2,3)30(28)24-20(14-21(26)19(15-25(4)5)22(27)29-6)18-13-9-11-16-10-7-8-12-17(16)18/h7-13,15,20,24H,14H2,1-6H3/b19-15+. The summed E-state index contributed by atoms with van der Waals surface area (Å²) >= 11 is 0. The molecule has 0 saturated heterocycles. The second-order valence-electron chi connectivity index (χ2n) is 8.25. The zero-order valence-electron chi connectivity index (χ0n) is 18.4. The van der Waals surface area contributed by atoms with Gasteiger partial charge < -0.3 is 9.64 Å². The van der Waals surface area contributed by atoms with Gasteiger partial charge in [0, 0.05) is 26.7 Å². The van der Waals surface area contributed by atoms with Crippen LogP contribution < -0.4 is 4.72 Å². The Balaban J connectivity index is 2.50. The van der Waals surface area contributed by atoms with Gasteiger partial charge >= 0.3 is 5.97 Å². The lowest BCUT2D eigenvalue weighted by Gasteiger charge is -2.25. The second-order valence-corrected chi connectivity index (χ2v) is 10.2. The molecule has 1 N–H and O–H groups in total. The molecule has 0 aliphatic carbocycles. The van der Waals surface area contributed by atoms with Gasteiger partial charge in [-0.25, -0.2) is 13.7 Å². The SMILES string of the molecule is COC(=O)/C(=C/N(C)C)C(=O)CC(NS(=O)C(C)(C)C)c1cccc2ccccc12. The third-order valence-corrected chi connectivity index (χ3v) is 6.10. The highest BCUT2D eigenvalue weighted by molar-refractivity contribution is 7.84. The van der Waals surface area contributed by atoms with Crippen molar-refractivity contribution in [3.63, 3.8) is 0 Å². The van der Waals surface area contributed by atoms with E-state index in [9.17, 15) is 13.8 Å². The molecule has 0 aliphatic rings. The van der Waals surface area contributed by atoms with Crippen LogP contribution in [0.4, 0.5) is 0 Å². The van der Waals surface area contributed by atoms with E-state index in [2.05, 4.69) is 4.72 Å². The first-order chi connectivity index (χ1) is 14.0. The van der Waals surface area contributed by atoms with Gasteiger partial charge in [0.05, 0.1) is 28.9 Å². The first-order valence-electron chi connectivity index (χ1n) is 9.70. The average molecular weight is 431 g/mol. The highest BCUT2D eigenvalue weighted by atomic mass is 32.2. The number of rotatable bonds is 8. The predicted molar refractivity (Wildman–Crippen MR) is 121 cm³/mol. The van der Waals surface area contributed by atoms with Gasteiger partial charge in [0.25, 0.3) is 0 Å². The molecular weight excluding hydrogens is 400 g/mol. The van der Waals surface area contributed by atoms with Gasteiger partial charge in [0.2, 0.25) is 0 Å². The van der Waals surface area contributed by atoms with E-state index in [1.165, 1.54) is 13.3 Å². The maximum Gasteiger partial charge on any atom is 0.342 e. The molecule has 7 heteroatoms. The summed E-state index contributed by atoms with van der Waals surface area (Å²) in [5.74, 6) is -1.07. The average Bonchev–Trinajstić information content (AvgIpc) is 2.69. The van der Waals surface area contributed by atoms with E-state index in [-0.39, 0.29) is 17.8 Å². The Labute approximate surface area is 180 Å². The highest BCUT2D eigenvalue weighted by Crippen LogP contribution is 2.29. The lowest BCUT2D eigenvalue weighted by atomic mass is 9.94. The van der Waals surface area contributed by atoms with E-state index < -0.39 is 27.7 Å². The number of esters is 1. The van der Waals surface area contributed by atoms with Crippen molar-refractivity contribution < 1.29 is 18.5 Å². The van der Waals surface area contributed by atoms with Crippen LogP contribution in [-0.4, -0.2) is 46.8 Å². The van der Waals surface area contributed by atoms with Gasteiger partial charge in [0.15, 0.2) is 5.78 Å². The molecule has 0 bridgehead atoms. The third kappa shape index (κ3) is 6.00. The van der Waals surface area contributed by atoms with Crippen LogP contribution in [0.3, 0.4) is 0 Å². The number of benzene rings is 2. The van der Waals surface area contributed by atoms with Crippen molar-refractivity contribution in [1.29, 1.82) is 0 Å². The zero-order chi connectivity index (χ0) is 22.5. The molecule has 2 aromatic rings. The molecule has 0 aromatic heterocycles. The summed E-state index contributed by atoms with van der Waals surface area (Å²) in [7, 11) is 3.29. The van der Waals surface area contributed by atoms with Crippen molar-refractivity contribution in [3.8, 4) is 0 Å². The van der Waals surface area contributed by atoms with Crippen LogP contribution in [0.1, 0.15) is 38.8 Å². The molecule has 0 heterocycles. The van der Waals surface area contributed by atoms with Gasteiger partial charge in [-0.2, -0.15) is 0 Å². The first-order valence-corrected chi connectivity index (χ1v) is 10.8. The summed E-state index contributed by atoms with van der Waals surface area (Å²) in [4.78, 5) is 26.9. The molecule has 0 aliphatic heterocycles. The number of fused-ring (bicyclic) bond motifs is 1. The van der Waals surface area contributed by atoms with E-state index in [1.54, 1.807) is 19.0 Å². The molecule has 0 amide bonds. The number of carbonyl (C=O) groups is 2. The van der Waals surface area contributed by atoms with E-state index in [1.807, 2.05) is 63.2 Å². The minimum atomic E-state index is -1.41. The number of Topliss-reactive ketones (excluding diaryl/α,β-unsaturated/α-hetero) is 1. The quantitative estimate of drug-likeness (QED) is 0.300. The summed E-state index contributed by atoms with van der Waals surface area (Å²) in [5, 5.41) is 1.99. The number of ether oxygens (including phenoxy) is 1. The van der Waals surface area contributed by atoms with Crippen LogP contribution in [0.2, 0.25) is 0 Å². The molecule has 0 spiro atoms. The monoisotopic (exact) mass is 430 g/mol. The molecule has 0 fully saturated rings. The topological polar surface area (TPSA) is 75.7 Å². The lowest BCUT2D eigenvalue weighted by Crippen LogP contribution is -2.37. The van der Waals surface area contributed by atoms with Crippen molar-refractivity contribution in [2.45, 2.75) is 38.0 Å². The summed E-state index contributed by atoms with van der Waals surface area (Å²) in [6.07, 6.45) is 1.42. The van der Waals surface area contributed by atoms with Gasteiger partial charge in [0.1, 0.15) is 5.57 Å². The van der Waals surface area contributed by atoms with E-state index in [4.69, 9.17) is 4.74 Å². The van der Waals surface area contributed by atoms with Crippen molar-refractivity contribution in [3.05, 3.63) is 59.8 Å².